The van der Waals surface area contributed by atoms with E-state index in [2.05, 4.69) is 18.8 Å². The Balaban J connectivity index is 1.68. The summed E-state index contributed by atoms with van der Waals surface area (Å²) in [5.41, 5.74) is 1.36. The number of hydrogen-bond donors (Lipinski definition) is 1. The highest BCUT2D eigenvalue weighted by molar-refractivity contribution is 8.00. The minimum absolute atomic E-state index is 0.0796. The molecule has 2 heterocycles. The van der Waals surface area contributed by atoms with E-state index in [9.17, 15) is 4.79 Å². The summed E-state index contributed by atoms with van der Waals surface area (Å²) in [7, 11) is 0. The zero-order valence-electron chi connectivity index (χ0n) is 13.9. The maximum Gasteiger partial charge on any atom is 0.259 e. The molecule has 0 radical (unpaired) electrons. The fourth-order valence-corrected chi connectivity index (χ4v) is 6.75. The van der Waals surface area contributed by atoms with Crippen LogP contribution < -0.4 is 5.56 Å². The van der Waals surface area contributed by atoms with Crippen molar-refractivity contribution in [3.05, 3.63) is 26.6 Å². The minimum Gasteiger partial charge on any atom is -0.309 e. The van der Waals surface area contributed by atoms with E-state index in [1.54, 1.807) is 11.3 Å². The van der Waals surface area contributed by atoms with Crippen LogP contribution in [0.5, 0.6) is 0 Å². The first kappa shape index (κ1) is 15.7. The second kappa shape index (κ2) is 6.25. The summed E-state index contributed by atoms with van der Waals surface area (Å²) in [6, 6.07) is 0. The Bertz CT molecular complexity index is 773. The predicted molar refractivity (Wildman–Crippen MR) is 99.7 cm³/mol. The molecule has 2 aliphatic rings. The number of rotatable bonds is 3. The molecule has 0 aliphatic heterocycles. The minimum atomic E-state index is 0.0796. The maximum absolute atomic E-state index is 12.7. The summed E-state index contributed by atoms with van der Waals surface area (Å²) in [6.45, 7) is 4.49. The van der Waals surface area contributed by atoms with E-state index in [1.807, 2.05) is 11.8 Å². The van der Waals surface area contributed by atoms with Gasteiger partial charge in [0.05, 0.1) is 10.6 Å². The Labute approximate surface area is 145 Å². The van der Waals surface area contributed by atoms with Crippen LogP contribution in [0.3, 0.4) is 0 Å². The van der Waals surface area contributed by atoms with Gasteiger partial charge < -0.3 is 4.98 Å². The standard InChI is InChI=1S/C18H24N2OS2/c1-10-7-8-13-14(9-10)23-18-15(13)17(21)19-16(20-18)11(2)22-12-5-3-4-6-12/h10-12H,3-9H2,1-2H3,(H,19,20,21)/t10-,11+/m1/s1. The zero-order valence-corrected chi connectivity index (χ0v) is 15.5. The Kier molecular flexibility index (Phi) is 4.26. The van der Waals surface area contributed by atoms with Crippen molar-refractivity contribution < 1.29 is 0 Å². The third-order valence-corrected chi connectivity index (χ3v) is 7.90. The quantitative estimate of drug-likeness (QED) is 0.863. The summed E-state index contributed by atoms with van der Waals surface area (Å²) >= 11 is 3.74. The van der Waals surface area contributed by atoms with Gasteiger partial charge in [-0.25, -0.2) is 4.98 Å². The van der Waals surface area contributed by atoms with Gasteiger partial charge in [0, 0.05) is 10.1 Å². The second-order valence-electron chi connectivity index (χ2n) is 7.17. The Hall–Kier alpha value is -0.810. The molecular formula is C18H24N2OS2. The number of nitrogens with zero attached hydrogens (tertiary/aromatic N) is 1. The number of H-pyrrole nitrogens is 1. The van der Waals surface area contributed by atoms with Gasteiger partial charge >= 0.3 is 0 Å². The van der Waals surface area contributed by atoms with Crippen molar-refractivity contribution in [1.29, 1.82) is 0 Å². The summed E-state index contributed by atoms with van der Waals surface area (Å²) < 4.78 is 0. The van der Waals surface area contributed by atoms with Crippen LogP contribution in [0, 0.1) is 5.92 Å². The van der Waals surface area contributed by atoms with Crippen molar-refractivity contribution in [3.8, 4) is 0 Å². The lowest BCUT2D eigenvalue weighted by Gasteiger charge is -2.17. The molecule has 0 amide bonds. The molecule has 1 saturated carbocycles. The van der Waals surface area contributed by atoms with Crippen molar-refractivity contribution >= 4 is 33.3 Å². The summed E-state index contributed by atoms with van der Waals surface area (Å²) in [4.78, 5) is 23.0. The van der Waals surface area contributed by atoms with Crippen LogP contribution in [0.15, 0.2) is 4.79 Å². The maximum atomic E-state index is 12.7. The lowest BCUT2D eigenvalue weighted by atomic mass is 9.89. The number of thioether (sulfide) groups is 1. The van der Waals surface area contributed by atoms with E-state index < -0.39 is 0 Å². The molecule has 1 N–H and O–H groups in total. The van der Waals surface area contributed by atoms with Gasteiger partial charge in [-0.05, 0) is 50.5 Å². The van der Waals surface area contributed by atoms with Crippen molar-refractivity contribution in [3.63, 3.8) is 0 Å². The van der Waals surface area contributed by atoms with E-state index in [1.165, 1.54) is 42.5 Å². The fourth-order valence-electron chi connectivity index (χ4n) is 3.94. The molecule has 0 unspecified atom stereocenters. The van der Waals surface area contributed by atoms with E-state index in [4.69, 9.17) is 4.98 Å². The smallest absolute Gasteiger partial charge is 0.259 e. The Morgan fingerprint density at radius 2 is 2.09 bits per heavy atom. The number of hydrogen-bond acceptors (Lipinski definition) is 4. The molecule has 0 bridgehead atoms. The Morgan fingerprint density at radius 3 is 2.87 bits per heavy atom. The number of aromatic nitrogens is 2. The van der Waals surface area contributed by atoms with Gasteiger partial charge in [-0.15, -0.1) is 23.1 Å². The number of nitrogens with one attached hydrogen (secondary N) is 1. The molecule has 5 heteroatoms. The molecule has 2 aromatic heterocycles. The van der Waals surface area contributed by atoms with Crippen LogP contribution in [0.1, 0.15) is 67.5 Å². The van der Waals surface area contributed by atoms with Gasteiger partial charge in [-0.3, -0.25) is 4.79 Å². The molecule has 3 nitrogen and oxygen atoms in total. The van der Waals surface area contributed by atoms with Crippen LogP contribution in [-0.2, 0) is 12.8 Å². The zero-order chi connectivity index (χ0) is 16.0. The fraction of sp³-hybridized carbons (Fsp3) is 0.667. The highest BCUT2D eigenvalue weighted by Gasteiger charge is 2.25. The highest BCUT2D eigenvalue weighted by atomic mass is 32.2. The summed E-state index contributed by atoms with van der Waals surface area (Å²) in [5, 5.41) is 1.88. The molecule has 1 fully saturated rings. The summed E-state index contributed by atoms with van der Waals surface area (Å²) in [5.74, 6) is 1.59. The average molecular weight is 349 g/mol. The topological polar surface area (TPSA) is 45.8 Å². The van der Waals surface area contributed by atoms with Crippen LogP contribution >= 0.6 is 23.1 Å². The van der Waals surface area contributed by atoms with Crippen LogP contribution in [0.2, 0.25) is 0 Å². The van der Waals surface area contributed by atoms with Crippen LogP contribution in [-0.4, -0.2) is 15.2 Å². The van der Waals surface area contributed by atoms with E-state index in [0.29, 0.717) is 0 Å². The number of aromatic amines is 1. The molecule has 4 rings (SSSR count). The number of thiophene rings is 1. The van der Waals surface area contributed by atoms with Crippen LogP contribution in [0.25, 0.3) is 10.2 Å². The molecule has 124 valence electrons. The lowest BCUT2D eigenvalue weighted by Crippen LogP contribution is -2.15. The van der Waals surface area contributed by atoms with Crippen molar-refractivity contribution in [1.82, 2.24) is 9.97 Å². The molecule has 0 spiro atoms. The van der Waals surface area contributed by atoms with Gasteiger partial charge in [-0.2, -0.15) is 0 Å². The van der Waals surface area contributed by atoms with Crippen molar-refractivity contribution in [2.45, 2.75) is 69.3 Å². The molecule has 0 aromatic carbocycles. The molecule has 2 atom stereocenters. The first-order chi connectivity index (χ1) is 11.1. The third-order valence-electron chi connectivity index (χ3n) is 5.27. The van der Waals surface area contributed by atoms with E-state index in [0.717, 1.165) is 40.1 Å². The monoisotopic (exact) mass is 348 g/mol. The Morgan fingerprint density at radius 1 is 1.30 bits per heavy atom. The van der Waals surface area contributed by atoms with Gasteiger partial charge in [0.2, 0.25) is 0 Å². The first-order valence-electron chi connectivity index (χ1n) is 8.81. The third kappa shape index (κ3) is 2.98. The van der Waals surface area contributed by atoms with E-state index in [-0.39, 0.29) is 10.8 Å². The van der Waals surface area contributed by atoms with Gasteiger partial charge in [0.15, 0.2) is 0 Å². The lowest BCUT2D eigenvalue weighted by molar-refractivity contribution is 0.509. The normalized spacial score (nSPS) is 23.3. The molecule has 2 aliphatic carbocycles. The van der Waals surface area contributed by atoms with Gasteiger partial charge in [0.25, 0.3) is 5.56 Å². The number of fused-ring (bicyclic) bond motifs is 3. The summed E-state index contributed by atoms with van der Waals surface area (Å²) in [6.07, 6.45) is 8.66. The predicted octanol–water partition coefficient (Wildman–Crippen LogP) is 4.85. The largest absolute Gasteiger partial charge is 0.309 e. The SMILES string of the molecule is C[C@@H]1CCc2c(sc3nc([C@H](C)SC4CCCC4)[nH]c(=O)c23)C1. The highest BCUT2D eigenvalue weighted by Crippen LogP contribution is 2.39. The molecule has 23 heavy (non-hydrogen) atoms. The average Bonchev–Trinajstić information content (AvgIpc) is 3.13. The van der Waals surface area contributed by atoms with Crippen molar-refractivity contribution in [2.75, 3.05) is 0 Å². The van der Waals surface area contributed by atoms with Crippen LogP contribution in [0.4, 0.5) is 0 Å². The first-order valence-corrected chi connectivity index (χ1v) is 10.6. The van der Waals surface area contributed by atoms with Gasteiger partial charge in [0.1, 0.15) is 10.7 Å². The second-order valence-corrected chi connectivity index (χ2v) is 9.90. The molecule has 2 aromatic rings. The van der Waals surface area contributed by atoms with Gasteiger partial charge in [-0.1, -0.05) is 19.8 Å². The molecule has 0 saturated heterocycles. The number of aryl methyl sites for hydroxylation is 1. The van der Waals surface area contributed by atoms with Crippen molar-refractivity contribution in [2.24, 2.45) is 5.92 Å². The molecular weight excluding hydrogens is 324 g/mol. The van der Waals surface area contributed by atoms with E-state index >= 15 is 0 Å².